The first-order chi connectivity index (χ1) is 17.0. The fourth-order valence-electron chi connectivity index (χ4n) is 3.57. The molecule has 4 aromatic rings. The number of amides is 2. The number of benzene rings is 4. The number of anilines is 2. The van der Waals surface area contributed by atoms with E-state index in [-0.39, 0.29) is 11.8 Å². The molecule has 0 aliphatic heterocycles. The van der Waals surface area contributed by atoms with E-state index in [1.54, 1.807) is 12.1 Å². The van der Waals surface area contributed by atoms with Crippen molar-refractivity contribution in [2.24, 2.45) is 0 Å². The fraction of sp³-hybridized carbons (Fsp3) is 0.103. The van der Waals surface area contributed by atoms with Crippen LogP contribution in [0.1, 0.15) is 21.9 Å². The van der Waals surface area contributed by atoms with Gasteiger partial charge in [0, 0.05) is 21.3 Å². The molecule has 0 saturated heterocycles. The van der Waals surface area contributed by atoms with Crippen LogP contribution in [0.2, 0.25) is 5.02 Å². The Balaban J connectivity index is 1.46. The molecule has 0 fully saturated rings. The second-order valence-corrected chi connectivity index (χ2v) is 9.71. The number of hydrogen-bond donors (Lipinski definition) is 2. The molecule has 2 amide bonds. The van der Waals surface area contributed by atoms with Gasteiger partial charge in [0.1, 0.15) is 5.25 Å². The van der Waals surface area contributed by atoms with Crippen LogP contribution in [0.25, 0.3) is 0 Å². The minimum Gasteiger partial charge on any atom is -0.326 e. The Morgan fingerprint density at radius 1 is 0.829 bits per heavy atom. The van der Waals surface area contributed by atoms with Crippen molar-refractivity contribution in [3.8, 4) is 0 Å². The third-order valence-electron chi connectivity index (χ3n) is 5.40. The van der Waals surface area contributed by atoms with Crippen LogP contribution in [-0.2, 0) is 16.0 Å². The summed E-state index contributed by atoms with van der Waals surface area (Å²) < 4.78 is 0. The molecule has 6 heteroatoms. The van der Waals surface area contributed by atoms with Gasteiger partial charge in [0.25, 0.3) is 0 Å². The van der Waals surface area contributed by atoms with Gasteiger partial charge in [0.05, 0.1) is 6.42 Å². The normalized spacial score (nSPS) is 11.5. The number of carbonyl (C=O) groups excluding carboxylic acids is 2. The summed E-state index contributed by atoms with van der Waals surface area (Å²) in [4.78, 5) is 26.6. The Hall–Kier alpha value is -3.54. The molecule has 4 rings (SSSR count). The minimum absolute atomic E-state index is 0.0740. The van der Waals surface area contributed by atoms with Crippen molar-refractivity contribution >= 4 is 46.6 Å². The second kappa shape index (κ2) is 11.7. The molecule has 1 atom stereocenters. The molecule has 2 N–H and O–H groups in total. The lowest BCUT2D eigenvalue weighted by Crippen LogP contribution is -2.19. The van der Waals surface area contributed by atoms with Gasteiger partial charge >= 0.3 is 0 Å². The Morgan fingerprint density at radius 3 is 2.17 bits per heavy atom. The largest absolute Gasteiger partial charge is 0.326 e. The van der Waals surface area contributed by atoms with Gasteiger partial charge in [-0.2, -0.15) is 0 Å². The summed E-state index contributed by atoms with van der Waals surface area (Å²) in [6, 6.07) is 32.3. The smallest absolute Gasteiger partial charge is 0.242 e. The van der Waals surface area contributed by atoms with Crippen LogP contribution in [0.3, 0.4) is 0 Å². The summed E-state index contributed by atoms with van der Waals surface area (Å²) in [7, 11) is 0. The second-order valence-electron chi connectivity index (χ2n) is 8.09. The number of carbonyl (C=O) groups is 2. The van der Waals surface area contributed by atoms with Gasteiger partial charge in [-0.1, -0.05) is 78.3 Å². The predicted octanol–water partition coefficient (Wildman–Crippen LogP) is 7.30. The molecule has 0 saturated carbocycles. The van der Waals surface area contributed by atoms with Crippen LogP contribution in [0.5, 0.6) is 0 Å². The predicted molar refractivity (Wildman–Crippen MR) is 145 cm³/mol. The molecule has 0 aliphatic rings. The summed E-state index contributed by atoms with van der Waals surface area (Å²) >= 11 is 7.59. The topological polar surface area (TPSA) is 58.2 Å². The van der Waals surface area contributed by atoms with Crippen molar-refractivity contribution in [3.63, 3.8) is 0 Å². The van der Waals surface area contributed by atoms with E-state index in [4.69, 9.17) is 11.6 Å². The van der Waals surface area contributed by atoms with Crippen LogP contribution in [0, 0.1) is 6.92 Å². The van der Waals surface area contributed by atoms with E-state index in [1.807, 2.05) is 97.9 Å². The van der Waals surface area contributed by atoms with Gasteiger partial charge in [-0.15, -0.1) is 11.8 Å². The van der Waals surface area contributed by atoms with Crippen LogP contribution >= 0.6 is 23.4 Å². The Bertz CT molecular complexity index is 1300. The van der Waals surface area contributed by atoms with Gasteiger partial charge in [-0.3, -0.25) is 9.59 Å². The van der Waals surface area contributed by atoms with Gasteiger partial charge in [-0.05, 0) is 60.0 Å². The molecule has 35 heavy (non-hydrogen) atoms. The number of nitrogens with one attached hydrogen (secondary N) is 2. The fourth-order valence-corrected chi connectivity index (χ4v) is 4.76. The molecule has 0 bridgehead atoms. The first kappa shape index (κ1) is 24.6. The molecule has 0 aromatic heterocycles. The van der Waals surface area contributed by atoms with Crippen LogP contribution in [0.15, 0.2) is 108 Å². The van der Waals surface area contributed by atoms with Crippen molar-refractivity contribution < 1.29 is 9.59 Å². The van der Waals surface area contributed by atoms with Gasteiger partial charge in [-0.25, -0.2) is 0 Å². The lowest BCUT2D eigenvalue weighted by Gasteiger charge is -2.18. The molecular formula is C29H25ClN2O2S. The Kier molecular flexibility index (Phi) is 8.24. The molecular weight excluding hydrogens is 476 g/mol. The number of thioether (sulfide) groups is 1. The van der Waals surface area contributed by atoms with Crippen molar-refractivity contribution in [1.29, 1.82) is 0 Å². The Labute approximate surface area is 214 Å². The van der Waals surface area contributed by atoms with Gasteiger partial charge < -0.3 is 10.6 Å². The van der Waals surface area contributed by atoms with E-state index in [0.29, 0.717) is 22.8 Å². The Morgan fingerprint density at radius 2 is 1.49 bits per heavy atom. The van der Waals surface area contributed by atoms with E-state index < -0.39 is 5.25 Å². The zero-order valence-corrected chi connectivity index (χ0v) is 20.8. The molecule has 0 aliphatic carbocycles. The molecule has 0 spiro atoms. The average Bonchev–Trinajstić information content (AvgIpc) is 2.87. The molecule has 0 heterocycles. The summed E-state index contributed by atoms with van der Waals surface area (Å²) in [5.74, 6) is -0.207. The standard InChI is InChI=1S/C29H25ClN2O2S/c1-20-12-13-23(30)19-26(20)32-29(34)28(22-10-6-3-7-11-22)35-25-16-14-24(15-17-25)31-27(33)18-21-8-4-2-5-9-21/h2-17,19,28H,18H2,1H3,(H,31,33)(H,32,34). The highest BCUT2D eigenvalue weighted by molar-refractivity contribution is 8.00. The maximum Gasteiger partial charge on any atom is 0.242 e. The monoisotopic (exact) mass is 500 g/mol. The van der Waals surface area contributed by atoms with E-state index in [2.05, 4.69) is 10.6 Å². The molecule has 1 unspecified atom stereocenters. The van der Waals surface area contributed by atoms with Crippen molar-refractivity contribution in [2.75, 3.05) is 10.6 Å². The lowest BCUT2D eigenvalue weighted by atomic mass is 10.1. The van der Waals surface area contributed by atoms with E-state index in [1.165, 1.54) is 11.8 Å². The molecule has 176 valence electrons. The van der Waals surface area contributed by atoms with Crippen LogP contribution in [0.4, 0.5) is 11.4 Å². The van der Waals surface area contributed by atoms with E-state index in [9.17, 15) is 9.59 Å². The molecule has 4 aromatic carbocycles. The highest BCUT2D eigenvalue weighted by Gasteiger charge is 2.23. The highest BCUT2D eigenvalue weighted by atomic mass is 35.5. The molecule has 4 nitrogen and oxygen atoms in total. The summed E-state index contributed by atoms with van der Waals surface area (Å²) in [5, 5.41) is 6.06. The zero-order valence-electron chi connectivity index (χ0n) is 19.2. The van der Waals surface area contributed by atoms with E-state index >= 15 is 0 Å². The number of halogens is 1. The number of rotatable bonds is 8. The van der Waals surface area contributed by atoms with Crippen molar-refractivity contribution in [1.82, 2.24) is 0 Å². The highest BCUT2D eigenvalue weighted by Crippen LogP contribution is 2.37. The maximum atomic E-state index is 13.3. The summed E-state index contributed by atoms with van der Waals surface area (Å²) in [6.07, 6.45) is 0.316. The number of hydrogen-bond acceptors (Lipinski definition) is 3. The number of aryl methyl sites for hydroxylation is 1. The summed E-state index contributed by atoms with van der Waals surface area (Å²) in [5.41, 5.74) is 4.21. The first-order valence-corrected chi connectivity index (χ1v) is 12.5. The summed E-state index contributed by atoms with van der Waals surface area (Å²) in [6.45, 7) is 1.93. The van der Waals surface area contributed by atoms with E-state index in [0.717, 1.165) is 21.6 Å². The molecule has 0 radical (unpaired) electrons. The third kappa shape index (κ3) is 6.98. The SMILES string of the molecule is Cc1ccc(Cl)cc1NC(=O)C(Sc1ccc(NC(=O)Cc2ccccc2)cc1)c1ccccc1. The minimum atomic E-state index is -0.465. The van der Waals surface area contributed by atoms with Crippen molar-refractivity contribution in [3.05, 3.63) is 125 Å². The van der Waals surface area contributed by atoms with Gasteiger partial charge in [0.15, 0.2) is 0 Å². The third-order valence-corrected chi connectivity index (χ3v) is 6.90. The van der Waals surface area contributed by atoms with Gasteiger partial charge in [0.2, 0.25) is 11.8 Å². The first-order valence-electron chi connectivity index (χ1n) is 11.2. The van der Waals surface area contributed by atoms with Crippen LogP contribution < -0.4 is 10.6 Å². The zero-order chi connectivity index (χ0) is 24.6. The van der Waals surface area contributed by atoms with Crippen LogP contribution in [-0.4, -0.2) is 11.8 Å². The average molecular weight is 501 g/mol. The lowest BCUT2D eigenvalue weighted by molar-refractivity contribution is -0.116. The quantitative estimate of drug-likeness (QED) is 0.249. The maximum absolute atomic E-state index is 13.3. The van der Waals surface area contributed by atoms with Crippen molar-refractivity contribution in [2.45, 2.75) is 23.5 Å².